The van der Waals surface area contributed by atoms with E-state index in [2.05, 4.69) is 10.6 Å². The lowest BCUT2D eigenvalue weighted by Crippen LogP contribution is -2.54. The molecule has 1 rings (SSSR count). The maximum Gasteiger partial charge on any atom is 0.408 e. The van der Waals surface area contributed by atoms with Gasteiger partial charge in [-0.2, -0.15) is 0 Å². The monoisotopic (exact) mass is 352 g/mol. The summed E-state index contributed by atoms with van der Waals surface area (Å²) in [5.41, 5.74) is 0.769. The molecule has 0 aliphatic heterocycles. The van der Waals surface area contributed by atoms with Crippen molar-refractivity contribution in [1.82, 2.24) is 10.6 Å². The van der Waals surface area contributed by atoms with Crippen LogP contribution in [0, 0.1) is 5.92 Å². The first-order chi connectivity index (χ1) is 11.9. The molecule has 8 heteroatoms. The maximum atomic E-state index is 12.1. The lowest BCUT2D eigenvalue weighted by molar-refractivity contribution is -0.143. The summed E-state index contributed by atoms with van der Waals surface area (Å²) < 4.78 is 4.97. The van der Waals surface area contributed by atoms with Crippen molar-refractivity contribution in [1.29, 1.82) is 0 Å². The highest BCUT2D eigenvalue weighted by Gasteiger charge is 2.29. The molecule has 0 saturated carbocycles. The van der Waals surface area contributed by atoms with Crippen LogP contribution in [0.1, 0.15) is 25.8 Å². The Kier molecular flexibility index (Phi) is 8.42. The second-order valence-electron chi connectivity index (χ2n) is 5.65. The second-order valence-corrected chi connectivity index (χ2v) is 5.65. The number of carbonyl (C=O) groups is 3. The number of hydrogen-bond acceptors (Lipinski definition) is 5. The van der Waals surface area contributed by atoms with Crippen LogP contribution in [0.4, 0.5) is 4.79 Å². The highest BCUT2D eigenvalue weighted by atomic mass is 16.5. The van der Waals surface area contributed by atoms with Crippen molar-refractivity contribution < 1.29 is 29.3 Å². The first kappa shape index (κ1) is 20.4. The van der Waals surface area contributed by atoms with Crippen LogP contribution < -0.4 is 10.6 Å². The number of aliphatic hydroxyl groups is 1. The van der Waals surface area contributed by atoms with E-state index in [1.54, 1.807) is 38.1 Å². The number of carboxylic acids is 1. The van der Waals surface area contributed by atoms with Crippen molar-refractivity contribution in [2.75, 3.05) is 6.61 Å². The molecule has 138 valence electrons. The third-order valence-corrected chi connectivity index (χ3v) is 3.78. The van der Waals surface area contributed by atoms with Gasteiger partial charge in [0, 0.05) is 0 Å². The van der Waals surface area contributed by atoms with Crippen LogP contribution in [-0.4, -0.2) is 46.9 Å². The summed E-state index contributed by atoms with van der Waals surface area (Å²) in [5, 5.41) is 23.0. The van der Waals surface area contributed by atoms with Gasteiger partial charge in [0.15, 0.2) is 0 Å². The second kappa shape index (κ2) is 10.3. The van der Waals surface area contributed by atoms with E-state index in [0.29, 0.717) is 6.42 Å². The molecule has 25 heavy (non-hydrogen) atoms. The lowest BCUT2D eigenvalue weighted by Gasteiger charge is -2.23. The van der Waals surface area contributed by atoms with Crippen molar-refractivity contribution in [2.45, 2.75) is 39.0 Å². The molecule has 0 bridgehead atoms. The van der Waals surface area contributed by atoms with Gasteiger partial charge in [0.1, 0.15) is 18.7 Å². The van der Waals surface area contributed by atoms with Gasteiger partial charge >= 0.3 is 12.1 Å². The molecule has 2 amide bonds. The quantitative estimate of drug-likeness (QED) is 0.523. The number of alkyl carbamates (subject to hydrolysis) is 1. The molecule has 8 nitrogen and oxygen atoms in total. The fourth-order valence-electron chi connectivity index (χ4n) is 2.04. The average Bonchev–Trinajstić information content (AvgIpc) is 2.62. The Hall–Kier alpha value is -2.61. The Morgan fingerprint density at radius 2 is 1.80 bits per heavy atom. The SMILES string of the molecule is CC[C@@H](C)[C@H](NC(=O)[C@H](CO)NC(=O)OCc1ccccc1)C(=O)O. The minimum absolute atomic E-state index is 0.0110. The topological polar surface area (TPSA) is 125 Å². The molecule has 0 aliphatic rings. The Bertz CT molecular complexity index is 578. The minimum Gasteiger partial charge on any atom is -0.480 e. The normalized spacial score (nSPS) is 14.0. The van der Waals surface area contributed by atoms with E-state index in [-0.39, 0.29) is 12.5 Å². The third kappa shape index (κ3) is 6.80. The van der Waals surface area contributed by atoms with Crippen molar-refractivity contribution in [3.8, 4) is 0 Å². The summed E-state index contributed by atoms with van der Waals surface area (Å²) in [6.07, 6.45) is -0.332. The Morgan fingerprint density at radius 1 is 1.16 bits per heavy atom. The number of carbonyl (C=O) groups excluding carboxylic acids is 2. The van der Waals surface area contributed by atoms with Gasteiger partial charge in [-0.25, -0.2) is 9.59 Å². The van der Waals surface area contributed by atoms with Crippen molar-refractivity contribution in [2.24, 2.45) is 5.92 Å². The van der Waals surface area contributed by atoms with E-state index >= 15 is 0 Å². The van der Waals surface area contributed by atoms with Gasteiger partial charge in [-0.3, -0.25) is 4.79 Å². The standard InChI is InChI=1S/C17H24N2O6/c1-3-11(2)14(16(22)23)19-15(21)13(9-20)18-17(24)25-10-12-7-5-4-6-8-12/h4-8,11,13-14,20H,3,9-10H2,1-2H3,(H,18,24)(H,19,21)(H,22,23)/t11-,13+,14+/m1/s1. The molecule has 0 radical (unpaired) electrons. The fourth-order valence-corrected chi connectivity index (χ4v) is 2.04. The number of aliphatic hydroxyl groups excluding tert-OH is 1. The number of benzene rings is 1. The maximum absolute atomic E-state index is 12.1. The first-order valence-electron chi connectivity index (χ1n) is 8.00. The Balaban J connectivity index is 2.57. The van der Waals surface area contributed by atoms with Crippen molar-refractivity contribution in [3.63, 3.8) is 0 Å². The van der Waals surface area contributed by atoms with E-state index in [4.69, 9.17) is 4.74 Å². The molecule has 0 spiro atoms. The molecule has 0 aromatic heterocycles. The van der Waals surface area contributed by atoms with E-state index in [1.807, 2.05) is 6.07 Å². The molecule has 3 atom stereocenters. The molecule has 0 unspecified atom stereocenters. The summed E-state index contributed by atoms with van der Waals surface area (Å²) in [4.78, 5) is 35.1. The number of hydrogen-bond donors (Lipinski definition) is 4. The van der Waals surface area contributed by atoms with Crippen LogP contribution >= 0.6 is 0 Å². The van der Waals surface area contributed by atoms with Crippen LogP contribution in [0.15, 0.2) is 30.3 Å². The zero-order valence-corrected chi connectivity index (χ0v) is 14.3. The number of rotatable bonds is 9. The fraction of sp³-hybridized carbons (Fsp3) is 0.471. The molecule has 1 aromatic carbocycles. The highest BCUT2D eigenvalue weighted by Crippen LogP contribution is 2.08. The summed E-state index contributed by atoms with van der Waals surface area (Å²) in [5.74, 6) is -2.26. The summed E-state index contributed by atoms with van der Waals surface area (Å²) >= 11 is 0. The third-order valence-electron chi connectivity index (χ3n) is 3.78. The van der Waals surface area contributed by atoms with E-state index < -0.39 is 36.7 Å². The molecule has 0 saturated heterocycles. The van der Waals surface area contributed by atoms with Crippen LogP contribution in [0.3, 0.4) is 0 Å². The Morgan fingerprint density at radius 3 is 2.32 bits per heavy atom. The Labute approximate surface area is 146 Å². The predicted octanol–water partition coefficient (Wildman–Crippen LogP) is 0.889. The largest absolute Gasteiger partial charge is 0.480 e. The number of ether oxygens (including phenoxy) is 1. The number of aliphatic carboxylic acids is 1. The van der Waals surface area contributed by atoms with Gasteiger partial charge in [-0.1, -0.05) is 50.6 Å². The highest BCUT2D eigenvalue weighted by molar-refractivity contribution is 5.89. The van der Waals surface area contributed by atoms with Crippen LogP contribution in [0.25, 0.3) is 0 Å². The van der Waals surface area contributed by atoms with Crippen LogP contribution in [-0.2, 0) is 20.9 Å². The first-order valence-corrected chi connectivity index (χ1v) is 8.00. The lowest BCUT2D eigenvalue weighted by atomic mass is 9.99. The summed E-state index contributed by atoms with van der Waals surface area (Å²) in [7, 11) is 0. The van der Waals surface area contributed by atoms with Crippen LogP contribution in [0.2, 0.25) is 0 Å². The van der Waals surface area contributed by atoms with Gasteiger partial charge in [0.25, 0.3) is 0 Å². The number of carboxylic acid groups (broad SMARTS) is 1. The van der Waals surface area contributed by atoms with Crippen molar-refractivity contribution in [3.05, 3.63) is 35.9 Å². The van der Waals surface area contributed by atoms with Gasteiger partial charge < -0.3 is 25.6 Å². The van der Waals surface area contributed by atoms with Crippen LogP contribution in [0.5, 0.6) is 0 Å². The summed E-state index contributed by atoms with van der Waals surface area (Å²) in [6, 6.07) is 6.55. The zero-order valence-electron chi connectivity index (χ0n) is 14.3. The number of nitrogens with one attached hydrogen (secondary N) is 2. The number of amides is 2. The smallest absolute Gasteiger partial charge is 0.408 e. The summed E-state index contributed by atoms with van der Waals surface area (Å²) in [6.45, 7) is 2.82. The molecule has 0 aliphatic carbocycles. The predicted molar refractivity (Wildman–Crippen MR) is 89.7 cm³/mol. The molecule has 4 N–H and O–H groups in total. The molecular formula is C17H24N2O6. The molecule has 0 fully saturated rings. The van der Waals surface area contributed by atoms with E-state index in [9.17, 15) is 24.6 Å². The van der Waals surface area contributed by atoms with Crippen molar-refractivity contribution >= 4 is 18.0 Å². The molecule has 1 aromatic rings. The minimum atomic E-state index is -1.30. The van der Waals surface area contributed by atoms with E-state index in [1.165, 1.54) is 0 Å². The molecule has 0 heterocycles. The zero-order chi connectivity index (χ0) is 18.8. The van der Waals surface area contributed by atoms with Gasteiger partial charge in [-0.05, 0) is 11.5 Å². The van der Waals surface area contributed by atoms with Gasteiger partial charge in [-0.15, -0.1) is 0 Å². The molecular weight excluding hydrogens is 328 g/mol. The van der Waals surface area contributed by atoms with Gasteiger partial charge in [0.05, 0.1) is 6.61 Å². The van der Waals surface area contributed by atoms with Gasteiger partial charge in [0.2, 0.25) is 5.91 Å². The van der Waals surface area contributed by atoms with E-state index in [0.717, 1.165) is 5.56 Å². The average molecular weight is 352 g/mol.